The van der Waals surface area contributed by atoms with Gasteiger partial charge in [0.1, 0.15) is 18.0 Å². The summed E-state index contributed by atoms with van der Waals surface area (Å²) in [6, 6.07) is 10.5. The average Bonchev–Trinajstić information content (AvgIpc) is 2.77. The molecule has 1 aromatic carbocycles. The van der Waals surface area contributed by atoms with E-state index >= 15 is 0 Å². The minimum Gasteiger partial charge on any atom is -0.327 e. The first kappa shape index (κ1) is 11.4. The largest absolute Gasteiger partial charge is 0.327 e. The second kappa shape index (κ2) is 4.54. The van der Waals surface area contributed by atoms with Crippen LogP contribution >= 0.6 is 0 Å². The van der Waals surface area contributed by atoms with Crippen LogP contribution in [0.3, 0.4) is 0 Å². The van der Waals surface area contributed by atoms with Gasteiger partial charge in [0.05, 0.1) is 10.9 Å². The maximum absolute atomic E-state index is 9.14. The molecule has 0 atom stereocenters. The van der Waals surface area contributed by atoms with Crippen molar-refractivity contribution in [3.05, 3.63) is 59.7 Å². The van der Waals surface area contributed by atoms with E-state index in [1.807, 2.05) is 16.8 Å². The van der Waals surface area contributed by atoms with Gasteiger partial charge in [-0.1, -0.05) is 29.8 Å². The van der Waals surface area contributed by atoms with E-state index in [4.69, 9.17) is 5.26 Å². The number of hydrogen-bond acceptors (Lipinski definition) is 3. The molecule has 0 saturated carbocycles. The number of nitriles is 1. The molecule has 0 bridgehead atoms. The third-order valence-corrected chi connectivity index (χ3v) is 3.09. The zero-order valence-electron chi connectivity index (χ0n) is 10.5. The molecule has 0 amide bonds. The van der Waals surface area contributed by atoms with E-state index in [9.17, 15) is 0 Å². The zero-order chi connectivity index (χ0) is 13.2. The van der Waals surface area contributed by atoms with Gasteiger partial charge >= 0.3 is 0 Å². The lowest BCUT2D eigenvalue weighted by Gasteiger charge is -2.05. The first-order valence-electron chi connectivity index (χ1n) is 6.02. The second-order valence-electron chi connectivity index (χ2n) is 4.53. The van der Waals surface area contributed by atoms with E-state index in [2.05, 4.69) is 41.2 Å². The highest BCUT2D eigenvalue weighted by atomic mass is 15.0. The number of nitrogens with zero attached hydrogens (tertiary/aromatic N) is 4. The Morgan fingerprint density at radius 2 is 2.26 bits per heavy atom. The number of hydrogen-bond donors (Lipinski definition) is 0. The molecule has 0 unspecified atom stereocenters. The molecule has 0 N–H and O–H groups in total. The molecule has 0 radical (unpaired) electrons. The fraction of sp³-hybridized carbons (Fsp3) is 0.133. The Hall–Kier alpha value is -2.67. The standard InChI is InChI=1S/C15H12N4/c1-11-3-2-4-12(5-11)8-19-9-13(6-16)14-7-17-10-18-15(14)19/h2-5,7,9-10H,8H2,1H3. The van der Waals surface area contributed by atoms with E-state index in [0.29, 0.717) is 12.1 Å². The van der Waals surface area contributed by atoms with Crippen LogP contribution in [-0.2, 0) is 6.54 Å². The van der Waals surface area contributed by atoms with Crippen molar-refractivity contribution in [2.45, 2.75) is 13.5 Å². The van der Waals surface area contributed by atoms with E-state index in [0.717, 1.165) is 11.0 Å². The zero-order valence-corrected chi connectivity index (χ0v) is 10.5. The lowest BCUT2D eigenvalue weighted by Crippen LogP contribution is -1.99. The summed E-state index contributed by atoms with van der Waals surface area (Å²) in [5.41, 5.74) is 3.83. The van der Waals surface area contributed by atoms with Crippen molar-refractivity contribution in [3.8, 4) is 6.07 Å². The van der Waals surface area contributed by atoms with E-state index in [1.54, 1.807) is 6.20 Å². The topological polar surface area (TPSA) is 54.5 Å². The third kappa shape index (κ3) is 2.06. The highest BCUT2D eigenvalue weighted by molar-refractivity contribution is 5.82. The molecule has 0 spiro atoms. The summed E-state index contributed by atoms with van der Waals surface area (Å²) in [6.45, 7) is 2.77. The van der Waals surface area contributed by atoms with Crippen LogP contribution in [0.25, 0.3) is 11.0 Å². The summed E-state index contributed by atoms with van der Waals surface area (Å²) in [6.07, 6.45) is 5.03. The fourth-order valence-electron chi connectivity index (χ4n) is 2.25. The Morgan fingerprint density at radius 1 is 1.37 bits per heavy atom. The van der Waals surface area contributed by atoms with Gasteiger partial charge < -0.3 is 4.57 Å². The van der Waals surface area contributed by atoms with Crippen LogP contribution in [0.1, 0.15) is 16.7 Å². The maximum Gasteiger partial charge on any atom is 0.144 e. The summed E-state index contributed by atoms with van der Waals surface area (Å²) in [5.74, 6) is 0. The minimum absolute atomic E-state index is 0.614. The predicted octanol–water partition coefficient (Wildman–Crippen LogP) is 2.66. The van der Waals surface area contributed by atoms with Crippen molar-refractivity contribution in [2.24, 2.45) is 0 Å². The molecule has 0 aliphatic rings. The predicted molar refractivity (Wildman–Crippen MR) is 72.5 cm³/mol. The molecule has 0 fully saturated rings. The maximum atomic E-state index is 9.14. The van der Waals surface area contributed by atoms with E-state index < -0.39 is 0 Å². The molecule has 0 saturated heterocycles. The first-order valence-corrected chi connectivity index (χ1v) is 6.02. The van der Waals surface area contributed by atoms with Gasteiger partial charge in [0.2, 0.25) is 0 Å². The van der Waals surface area contributed by atoms with E-state index in [1.165, 1.54) is 17.5 Å². The molecule has 4 nitrogen and oxygen atoms in total. The quantitative estimate of drug-likeness (QED) is 0.700. The molecule has 3 aromatic rings. The summed E-state index contributed by atoms with van der Waals surface area (Å²) >= 11 is 0. The molecule has 92 valence electrons. The highest BCUT2D eigenvalue weighted by Crippen LogP contribution is 2.19. The lowest BCUT2D eigenvalue weighted by molar-refractivity contribution is 0.821. The molecule has 4 heteroatoms. The van der Waals surface area contributed by atoms with Crippen LogP contribution in [0.5, 0.6) is 0 Å². The molecule has 2 heterocycles. The molecular formula is C15H12N4. The number of fused-ring (bicyclic) bond motifs is 1. The van der Waals surface area contributed by atoms with Gasteiger partial charge in [-0.05, 0) is 12.5 Å². The first-order chi connectivity index (χ1) is 9.28. The van der Waals surface area contributed by atoms with Crippen LogP contribution in [0, 0.1) is 18.3 Å². The summed E-state index contributed by atoms with van der Waals surface area (Å²) in [7, 11) is 0. The Morgan fingerprint density at radius 3 is 3.05 bits per heavy atom. The minimum atomic E-state index is 0.614. The van der Waals surface area contributed by atoms with Crippen molar-refractivity contribution >= 4 is 11.0 Å². The van der Waals surface area contributed by atoms with Crippen LogP contribution in [0.15, 0.2) is 43.0 Å². The van der Waals surface area contributed by atoms with Crippen LogP contribution in [0.4, 0.5) is 0 Å². The highest BCUT2D eigenvalue weighted by Gasteiger charge is 2.09. The normalized spacial score (nSPS) is 10.5. The summed E-state index contributed by atoms with van der Waals surface area (Å²) in [4.78, 5) is 8.25. The van der Waals surface area contributed by atoms with Crippen LogP contribution < -0.4 is 0 Å². The van der Waals surface area contributed by atoms with Gasteiger partial charge in [0.25, 0.3) is 0 Å². The van der Waals surface area contributed by atoms with Crippen LogP contribution in [0.2, 0.25) is 0 Å². The van der Waals surface area contributed by atoms with Gasteiger partial charge in [-0.25, -0.2) is 9.97 Å². The molecule has 19 heavy (non-hydrogen) atoms. The average molecular weight is 248 g/mol. The molecule has 3 rings (SSSR count). The Kier molecular flexibility index (Phi) is 2.73. The van der Waals surface area contributed by atoms with E-state index in [-0.39, 0.29) is 0 Å². The van der Waals surface area contributed by atoms with Gasteiger partial charge in [0.15, 0.2) is 0 Å². The van der Waals surface area contributed by atoms with Crippen molar-refractivity contribution in [1.29, 1.82) is 5.26 Å². The number of rotatable bonds is 2. The van der Waals surface area contributed by atoms with Crippen molar-refractivity contribution < 1.29 is 0 Å². The summed E-state index contributed by atoms with van der Waals surface area (Å²) < 4.78 is 1.99. The Balaban J connectivity index is 2.09. The Bertz CT molecular complexity index is 780. The lowest BCUT2D eigenvalue weighted by atomic mass is 10.1. The number of aromatic nitrogens is 3. The monoisotopic (exact) mass is 248 g/mol. The molecule has 2 aromatic heterocycles. The van der Waals surface area contributed by atoms with Gasteiger partial charge in [-0.3, -0.25) is 0 Å². The Labute approximate surface area is 111 Å². The third-order valence-electron chi connectivity index (χ3n) is 3.09. The molecule has 0 aliphatic carbocycles. The second-order valence-corrected chi connectivity index (χ2v) is 4.53. The fourth-order valence-corrected chi connectivity index (χ4v) is 2.25. The van der Waals surface area contributed by atoms with Crippen LogP contribution in [-0.4, -0.2) is 14.5 Å². The molecular weight excluding hydrogens is 236 g/mol. The smallest absolute Gasteiger partial charge is 0.144 e. The number of benzene rings is 1. The van der Waals surface area contributed by atoms with Gasteiger partial charge in [-0.2, -0.15) is 5.26 Å². The van der Waals surface area contributed by atoms with Crippen molar-refractivity contribution in [3.63, 3.8) is 0 Å². The SMILES string of the molecule is Cc1cccc(Cn2cc(C#N)c3cncnc32)c1. The summed E-state index contributed by atoms with van der Waals surface area (Å²) in [5, 5.41) is 9.94. The van der Waals surface area contributed by atoms with Gasteiger partial charge in [0, 0.05) is 18.9 Å². The van der Waals surface area contributed by atoms with Crippen molar-refractivity contribution in [1.82, 2.24) is 14.5 Å². The molecule has 0 aliphatic heterocycles. The van der Waals surface area contributed by atoms with Crippen molar-refractivity contribution in [2.75, 3.05) is 0 Å². The van der Waals surface area contributed by atoms with Gasteiger partial charge in [-0.15, -0.1) is 0 Å². The number of aryl methyl sites for hydroxylation is 1.